The van der Waals surface area contributed by atoms with Crippen molar-refractivity contribution >= 4 is 29.4 Å². The van der Waals surface area contributed by atoms with E-state index in [4.69, 9.17) is 0 Å². The van der Waals surface area contributed by atoms with Crippen molar-refractivity contribution in [2.75, 3.05) is 23.8 Å². The molecule has 1 aliphatic heterocycles. The Balaban J connectivity index is 2.23. The van der Waals surface area contributed by atoms with Gasteiger partial charge in [-0.1, -0.05) is 0 Å². The van der Waals surface area contributed by atoms with Crippen LogP contribution in [0.4, 0.5) is 0 Å². The van der Waals surface area contributed by atoms with Crippen molar-refractivity contribution in [2.24, 2.45) is 0 Å². The Bertz CT molecular complexity index is 247. The molecule has 0 aromatic rings. The first kappa shape index (κ1) is 15.2. The van der Waals surface area contributed by atoms with Gasteiger partial charge in [-0.2, -0.15) is 23.5 Å². The molecule has 1 fully saturated rings. The summed E-state index contributed by atoms with van der Waals surface area (Å²) < 4.78 is 0. The molecule has 1 aliphatic rings. The van der Waals surface area contributed by atoms with Gasteiger partial charge in [-0.05, 0) is 27.7 Å². The van der Waals surface area contributed by atoms with E-state index in [1.165, 1.54) is 17.3 Å². The normalized spacial score (nSPS) is 23.2. The summed E-state index contributed by atoms with van der Waals surface area (Å²) in [5.74, 6) is 3.79. The highest BCUT2D eigenvalue weighted by Gasteiger charge is 2.20. The summed E-state index contributed by atoms with van der Waals surface area (Å²) in [7, 11) is 0. The minimum absolute atomic E-state index is 0.0889. The molecule has 1 rings (SSSR count). The van der Waals surface area contributed by atoms with E-state index in [0.29, 0.717) is 5.25 Å². The van der Waals surface area contributed by atoms with Crippen LogP contribution in [-0.4, -0.2) is 46.5 Å². The van der Waals surface area contributed by atoms with Crippen LogP contribution in [0, 0.1) is 0 Å². The Kier molecular flexibility index (Phi) is 6.17. The van der Waals surface area contributed by atoms with Crippen LogP contribution in [0.15, 0.2) is 0 Å². The molecule has 0 spiro atoms. The SMILES string of the molecule is CC(NCC1CSCCS1)C(=O)NC(C)(C)C. The third-order valence-corrected chi connectivity index (χ3v) is 5.27. The van der Waals surface area contributed by atoms with E-state index in [9.17, 15) is 4.79 Å². The van der Waals surface area contributed by atoms with E-state index in [2.05, 4.69) is 10.6 Å². The molecule has 1 amide bonds. The third-order valence-electron chi connectivity index (χ3n) is 2.43. The molecule has 0 saturated carbocycles. The lowest BCUT2D eigenvalue weighted by Crippen LogP contribution is -2.50. The second-order valence-corrected chi connectivity index (χ2v) is 7.99. The molecule has 5 heteroatoms. The fourth-order valence-electron chi connectivity index (χ4n) is 1.53. The Morgan fingerprint density at radius 3 is 2.65 bits per heavy atom. The van der Waals surface area contributed by atoms with Gasteiger partial charge < -0.3 is 10.6 Å². The summed E-state index contributed by atoms with van der Waals surface area (Å²) >= 11 is 4.03. The average Bonchev–Trinajstić information content (AvgIpc) is 2.25. The number of hydrogen-bond acceptors (Lipinski definition) is 4. The van der Waals surface area contributed by atoms with Crippen LogP contribution < -0.4 is 10.6 Å². The Morgan fingerprint density at radius 1 is 1.41 bits per heavy atom. The Morgan fingerprint density at radius 2 is 2.12 bits per heavy atom. The van der Waals surface area contributed by atoms with Crippen molar-refractivity contribution in [1.29, 1.82) is 0 Å². The zero-order chi connectivity index (χ0) is 12.9. The van der Waals surface area contributed by atoms with Crippen LogP contribution in [0.5, 0.6) is 0 Å². The molecule has 2 unspecified atom stereocenters. The quantitative estimate of drug-likeness (QED) is 0.820. The van der Waals surface area contributed by atoms with Crippen LogP contribution >= 0.6 is 23.5 Å². The maximum atomic E-state index is 11.8. The molecule has 2 N–H and O–H groups in total. The minimum atomic E-state index is -0.150. The molecule has 17 heavy (non-hydrogen) atoms. The first-order valence-corrected chi connectivity index (χ1v) is 8.33. The van der Waals surface area contributed by atoms with Crippen LogP contribution in [-0.2, 0) is 4.79 Å². The molecule has 1 heterocycles. The average molecular weight is 276 g/mol. The monoisotopic (exact) mass is 276 g/mol. The molecule has 2 atom stereocenters. The molecule has 0 aromatic carbocycles. The van der Waals surface area contributed by atoms with E-state index in [1.54, 1.807) is 0 Å². The summed E-state index contributed by atoms with van der Waals surface area (Å²) in [5, 5.41) is 6.97. The third kappa shape index (κ3) is 6.58. The smallest absolute Gasteiger partial charge is 0.237 e. The van der Waals surface area contributed by atoms with Gasteiger partial charge in [-0.15, -0.1) is 0 Å². The molecule has 0 radical (unpaired) electrons. The van der Waals surface area contributed by atoms with E-state index in [-0.39, 0.29) is 17.5 Å². The highest BCUT2D eigenvalue weighted by Crippen LogP contribution is 2.23. The fourth-order valence-corrected chi connectivity index (χ4v) is 4.16. The summed E-state index contributed by atoms with van der Waals surface area (Å²) in [6.45, 7) is 8.87. The van der Waals surface area contributed by atoms with Crippen molar-refractivity contribution in [3.63, 3.8) is 0 Å². The topological polar surface area (TPSA) is 41.1 Å². The number of nitrogens with one attached hydrogen (secondary N) is 2. The molecule has 100 valence electrons. The number of thioether (sulfide) groups is 2. The van der Waals surface area contributed by atoms with Gasteiger partial charge in [0.1, 0.15) is 0 Å². The summed E-state index contributed by atoms with van der Waals surface area (Å²) in [6.07, 6.45) is 0. The zero-order valence-electron chi connectivity index (χ0n) is 11.2. The molecule has 0 bridgehead atoms. The maximum absolute atomic E-state index is 11.8. The van der Waals surface area contributed by atoms with Gasteiger partial charge in [0.05, 0.1) is 6.04 Å². The molecule has 1 saturated heterocycles. The number of carbonyl (C=O) groups excluding carboxylic acids is 1. The Labute approximate surface area is 113 Å². The van der Waals surface area contributed by atoms with Gasteiger partial charge in [0.2, 0.25) is 5.91 Å². The van der Waals surface area contributed by atoms with Gasteiger partial charge in [-0.3, -0.25) is 4.79 Å². The number of carbonyl (C=O) groups is 1. The van der Waals surface area contributed by atoms with Crippen LogP contribution in [0.2, 0.25) is 0 Å². The van der Waals surface area contributed by atoms with E-state index < -0.39 is 0 Å². The molecule has 0 aliphatic carbocycles. The molecular weight excluding hydrogens is 252 g/mol. The van der Waals surface area contributed by atoms with Crippen LogP contribution in [0.1, 0.15) is 27.7 Å². The lowest BCUT2D eigenvalue weighted by molar-refractivity contribution is -0.124. The van der Waals surface area contributed by atoms with E-state index >= 15 is 0 Å². The highest BCUT2D eigenvalue weighted by molar-refractivity contribution is 8.06. The number of amides is 1. The second kappa shape index (κ2) is 6.90. The number of hydrogen-bond donors (Lipinski definition) is 2. The largest absolute Gasteiger partial charge is 0.350 e. The predicted molar refractivity (Wildman–Crippen MR) is 78.9 cm³/mol. The lowest BCUT2D eigenvalue weighted by atomic mass is 10.1. The zero-order valence-corrected chi connectivity index (χ0v) is 12.8. The highest BCUT2D eigenvalue weighted by atomic mass is 32.2. The maximum Gasteiger partial charge on any atom is 0.237 e. The standard InChI is InChI=1S/C12H24N2OS2/c1-9(11(15)14-12(2,3)4)13-7-10-8-16-5-6-17-10/h9-10,13H,5-8H2,1-4H3,(H,14,15). The van der Waals surface area contributed by atoms with Gasteiger partial charge in [0, 0.05) is 34.6 Å². The first-order chi connectivity index (χ1) is 7.88. The van der Waals surface area contributed by atoms with Gasteiger partial charge in [0.25, 0.3) is 0 Å². The summed E-state index contributed by atoms with van der Waals surface area (Å²) in [5.41, 5.74) is -0.150. The van der Waals surface area contributed by atoms with Crippen molar-refractivity contribution in [2.45, 2.75) is 44.5 Å². The van der Waals surface area contributed by atoms with Crippen molar-refractivity contribution in [1.82, 2.24) is 10.6 Å². The van der Waals surface area contributed by atoms with Crippen LogP contribution in [0.25, 0.3) is 0 Å². The summed E-state index contributed by atoms with van der Waals surface area (Å²) in [4.78, 5) is 11.8. The Hall–Kier alpha value is 0.130. The second-order valence-electron chi connectivity index (χ2n) is 5.44. The van der Waals surface area contributed by atoms with Crippen molar-refractivity contribution in [3.05, 3.63) is 0 Å². The van der Waals surface area contributed by atoms with Gasteiger partial charge >= 0.3 is 0 Å². The lowest BCUT2D eigenvalue weighted by Gasteiger charge is -2.26. The summed E-state index contributed by atoms with van der Waals surface area (Å²) in [6, 6.07) is -0.109. The first-order valence-electron chi connectivity index (χ1n) is 6.13. The van der Waals surface area contributed by atoms with E-state index in [0.717, 1.165) is 6.54 Å². The molecule has 3 nitrogen and oxygen atoms in total. The predicted octanol–water partition coefficient (Wildman–Crippen LogP) is 1.73. The minimum Gasteiger partial charge on any atom is -0.350 e. The molecular formula is C12H24N2OS2. The van der Waals surface area contributed by atoms with Gasteiger partial charge in [0.15, 0.2) is 0 Å². The fraction of sp³-hybridized carbons (Fsp3) is 0.917. The van der Waals surface area contributed by atoms with Crippen LogP contribution in [0.3, 0.4) is 0 Å². The van der Waals surface area contributed by atoms with E-state index in [1.807, 2.05) is 51.2 Å². The van der Waals surface area contributed by atoms with Crippen molar-refractivity contribution in [3.8, 4) is 0 Å². The molecule has 0 aromatic heterocycles. The number of rotatable bonds is 4. The van der Waals surface area contributed by atoms with Gasteiger partial charge in [-0.25, -0.2) is 0 Å². The van der Waals surface area contributed by atoms with Crippen molar-refractivity contribution < 1.29 is 4.79 Å².